The van der Waals surface area contributed by atoms with Crippen molar-refractivity contribution in [3.63, 3.8) is 0 Å². The summed E-state index contributed by atoms with van der Waals surface area (Å²) < 4.78 is 0. The largest absolute Gasteiger partial charge is 0.384 e. The van der Waals surface area contributed by atoms with Gasteiger partial charge in [0, 0.05) is 12.7 Å². The first-order valence-electron chi connectivity index (χ1n) is 5.05. The van der Waals surface area contributed by atoms with E-state index in [-0.39, 0.29) is 0 Å². The Morgan fingerprint density at radius 3 is 2.92 bits per heavy atom. The number of hydrogen-bond donors (Lipinski definition) is 1. The molecule has 1 aromatic rings. The van der Waals surface area contributed by atoms with E-state index in [4.69, 9.17) is 0 Å². The summed E-state index contributed by atoms with van der Waals surface area (Å²) in [6, 6.07) is 2.17. The van der Waals surface area contributed by atoms with Crippen LogP contribution >= 0.6 is 0 Å². The summed E-state index contributed by atoms with van der Waals surface area (Å²) in [6.45, 7) is 7.17. The number of nitrogens with zero attached hydrogens (tertiary/aromatic N) is 1. The Morgan fingerprint density at radius 1 is 1.38 bits per heavy atom. The standard InChI is InChI=1S/C9H12N2.C2H6/c1-7-5-9-8(11-6-7)3-2-4-10-9;1-2/h5-6,10H,2-4H2,1H3;1-2H3. The van der Waals surface area contributed by atoms with Gasteiger partial charge in [0.1, 0.15) is 0 Å². The lowest BCUT2D eigenvalue weighted by Gasteiger charge is -2.16. The Hall–Kier alpha value is -1.05. The number of pyridine rings is 1. The molecular weight excluding hydrogens is 160 g/mol. The van der Waals surface area contributed by atoms with Crippen LogP contribution < -0.4 is 5.32 Å². The lowest BCUT2D eigenvalue weighted by Crippen LogP contribution is -2.12. The van der Waals surface area contributed by atoms with Gasteiger partial charge >= 0.3 is 0 Å². The third-order valence-electron chi connectivity index (χ3n) is 2.01. The third kappa shape index (κ3) is 2.44. The Labute approximate surface area is 80.4 Å². The minimum absolute atomic E-state index is 1.10. The van der Waals surface area contributed by atoms with Crippen molar-refractivity contribution in [2.24, 2.45) is 0 Å². The summed E-state index contributed by atoms with van der Waals surface area (Å²) in [5, 5.41) is 3.34. The summed E-state index contributed by atoms with van der Waals surface area (Å²) in [4.78, 5) is 4.36. The van der Waals surface area contributed by atoms with E-state index in [1.165, 1.54) is 23.4 Å². The van der Waals surface area contributed by atoms with Crippen molar-refractivity contribution in [2.45, 2.75) is 33.6 Å². The van der Waals surface area contributed by atoms with E-state index >= 15 is 0 Å². The van der Waals surface area contributed by atoms with E-state index in [1.807, 2.05) is 20.0 Å². The molecule has 1 aliphatic heterocycles. The van der Waals surface area contributed by atoms with Gasteiger partial charge in [0.05, 0.1) is 11.4 Å². The molecule has 13 heavy (non-hydrogen) atoms. The lowest BCUT2D eigenvalue weighted by molar-refractivity contribution is 0.800. The fourth-order valence-electron chi connectivity index (χ4n) is 1.43. The molecule has 0 fully saturated rings. The van der Waals surface area contributed by atoms with E-state index in [9.17, 15) is 0 Å². The third-order valence-corrected chi connectivity index (χ3v) is 2.01. The second-order valence-corrected chi connectivity index (χ2v) is 3.04. The second-order valence-electron chi connectivity index (χ2n) is 3.04. The molecule has 0 radical (unpaired) electrons. The van der Waals surface area contributed by atoms with Crippen molar-refractivity contribution in [3.8, 4) is 0 Å². The first-order valence-corrected chi connectivity index (χ1v) is 5.05. The highest BCUT2D eigenvalue weighted by atomic mass is 14.9. The number of aryl methyl sites for hydroxylation is 2. The lowest BCUT2D eigenvalue weighted by atomic mass is 10.1. The molecule has 0 aromatic carbocycles. The van der Waals surface area contributed by atoms with E-state index in [0.29, 0.717) is 0 Å². The zero-order valence-electron chi connectivity index (χ0n) is 8.72. The van der Waals surface area contributed by atoms with Crippen LogP contribution in [0, 0.1) is 6.92 Å². The number of anilines is 1. The highest BCUT2D eigenvalue weighted by Crippen LogP contribution is 2.19. The van der Waals surface area contributed by atoms with Crippen molar-refractivity contribution in [1.82, 2.24) is 4.98 Å². The Bertz CT molecular complexity index is 269. The molecule has 0 spiro atoms. The molecule has 1 N–H and O–H groups in total. The van der Waals surface area contributed by atoms with Gasteiger partial charge in [-0.2, -0.15) is 0 Å². The van der Waals surface area contributed by atoms with Gasteiger partial charge in [-0.05, 0) is 31.4 Å². The van der Waals surface area contributed by atoms with E-state index in [2.05, 4.69) is 23.3 Å². The van der Waals surface area contributed by atoms with Gasteiger partial charge in [-0.1, -0.05) is 13.8 Å². The molecule has 0 aliphatic carbocycles. The van der Waals surface area contributed by atoms with Gasteiger partial charge < -0.3 is 5.32 Å². The summed E-state index contributed by atoms with van der Waals surface area (Å²) in [7, 11) is 0. The van der Waals surface area contributed by atoms with Crippen LogP contribution in [-0.4, -0.2) is 11.5 Å². The summed E-state index contributed by atoms with van der Waals surface area (Å²) in [5.74, 6) is 0. The molecule has 0 atom stereocenters. The molecule has 2 heterocycles. The predicted octanol–water partition coefficient (Wildman–Crippen LogP) is 2.77. The van der Waals surface area contributed by atoms with Crippen LogP contribution in [0.25, 0.3) is 0 Å². The van der Waals surface area contributed by atoms with Crippen LogP contribution in [0.4, 0.5) is 5.69 Å². The highest BCUT2D eigenvalue weighted by Gasteiger charge is 2.08. The average Bonchev–Trinajstić information content (AvgIpc) is 2.21. The number of fused-ring (bicyclic) bond motifs is 1. The van der Waals surface area contributed by atoms with Gasteiger partial charge in [0.15, 0.2) is 0 Å². The summed E-state index contributed by atoms with van der Waals surface area (Å²) >= 11 is 0. The Balaban J connectivity index is 0.000000396. The van der Waals surface area contributed by atoms with Crippen molar-refractivity contribution >= 4 is 5.69 Å². The molecule has 0 saturated heterocycles. The number of nitrogens with one attached hydrogen (secondary N) is 1. The zero-order chi connectivity index (χ0) is 9.68. The Morgan fingerprint density at radius 2 is 2.15 bits per heavy atom. The fraction of sp³-hybridized carbons (Fsp3) is 0.545. The maximum atomic E-state index is 4.36. The SMILES string of the molecule is CC.Cc1cnc2c(c1)NCCC2. The molecule has 2 rings (SSSR count). The first kappa shape index (κ1) is 10.0. The maximum absolute atomic E-state index is 4.36. The van der Waals surface area contributed by atoms with Crippen molar-refractivity contribution in [3.05, 3.63) is 23.5 Å². The normalized spacial score (nSPS) is 13.5. The fourth-order valence-corrected chi connectivity index (χ4v) is 1.43. The first-order chi connectivity index (χ1) is 6.36. The predicted molar refractivity (Wildman–Crippen MR) is 57.1 cm³/mol. The molecule has 1 aliphatic rings. The zero-order valence-corrected chi connectivity index (χ0v) is 8.72. The number of rotatable bonds is 0. The van der Waals surface area contributed by atoms with Gasteiger partial charge in [-0.25, -0.2) is 0 Å². The Kier molecular flexibility index (Phi) is 3.74. The topological polar surface area (TPSA) is 24.9 Å². The van der Waals surface area contributed by atoms with E-state index in [0.717, 1.165) is 13.0 Å². The van der Waals surface area contributed by atoms with Crippen LogP contribution in [-0.2, 0) is 6.42 Å². The van der Waals surface area contributed by atoms with Crippen LogP contribution in [0.2, 0.25) is 0 Å². The van der Waals surface area contributed by atoms with Crippen LogP contribution in [0.3, 0.4) is 0 Å². The van der Waals surface area contributed by atoms with Crippen LogP contribution in [0.1, 0.15) is 31.5 Å². The van der Waals surface area contributed by atoms with Crippen LogP contribution in [0.5, 0.6) is 0 Å². The molecule has 2 heteroatoms. The monoisotopic (exact) mass is 178 g/mol. The quantitative estimate of drug-likeness (QED) is 0.660. The van der Waals surface area contributed by atoms with Crippen molar-refractivity contribution in [1.29, 1.82) is 0 Å². The summed E-state index contributed by atoms with van der Waals surface area (Å²) in [6.07, 6.45) is 4.28. The van der Waals surface area contributed by atoms with E-state index in [1.54, 1.807) is 0 Å². The van der Waals surface area contributed by atoms with E-state index < -0.39 is 0 Å². The highest BCUT2D eigenvalue weighted by molar-refractivity contribution is 5.50. The smallest absolute Gasteiger partial charge is 0.0635 e. The molecule has 2 nitrogen and oxygen atoms in total. The minimum Gasteiger partial charge on any atom is -0.384 e. The minimum atomic E-state index is 1.10. The molecule has 72 valence electrons. The van der Waals surface area contributed by atoms with Gasteiger partial charge in [-0.15, -0.1) is 0 Å². The van der Waals surface area contributed by atoms with Gasteiger partial charge in [0.25, 0.3) is 0 Å². The molecule has 0 bridgehead atoms. The van der Waals surface area contributed by atoms with Crippen molar-refractivity contribution in [2.75, 3.05) is 11.9 Å². The van der Waals surface area contributed by atoms with Gasteiger partial charge in [0.2, 0.25) is 0 Å². The van der Waals surface area contributed by atoms with Crippen LogP contribution in [0.15, 0.2) is 12.3 Å². The molecular formula is C11H18N2. The van der Waals surface area contributed by atoms with Crippen molar-refractivity contribution < 1.29 is 0 Å². The maximum Gasteiger partial charge on any atom is 0.0635 e. The summed E-state index contributed by atoms with van der Waals surface area (Å²) in [5.41, 5.74) is 3.69. The average molecular weight is 178 g/mol. The molecule has 1 aromatic heterocycles. The van der Waals surface area contributed by atoms with Gasteiger partial charge in [-0.3, -0.25) is 4.98 Å². The number of aromatic nitrogens is 1. The molecule has 0 amide bonds. The number of hydrogen-bond acceptors (Lipinski definition) is 2. The molecule has 0 saturated carbocycles. The molecule has 0 unspecified atom stereocenters. The second kappa shape index (κ2) is 4.85.